The number of aromatic nitrogens is 4. The second-order valence-electron chi connectivity index (χ2n) is 10.3. The van der Waals surface area contributed by atoms with Crippen LogP contribution in [0, 0.1) is 12.8 Å². The van der Waals surface area contributed by atoms with Gasteiger partial charge in [0.2, 0.25) is 17.6 Å². The molecule has 35 heavy (non-hydrogen) atoms. The average molecular weight is 483 g/mol. The van der Waals surface area contributed by atoms with E-state index in [0.717, 1.165) is 56.3 Å². The molecule has 0 spiro atoms. The Kier molecular flexibility index (Phi) is 8.49. The molecule has 4 rings (SSSR count). The van der Waals surface area contributed by atoms with Gasteiger partial charge in [-0.2, -0.15) is 4.80 Å². The van der Waals surface area contributed by atoms with Crippen LogP contribution in [0.1, 0.15) is 64.4 Å². The van der Waals surface area contributed by atoms with Gasteiger partial charge in [0.25, 0.3) is 0 Å². The summed E-state index contributed by atoms with van der Waals surface area (Å²) in [5.74, 6) is 0.519. The summed E-state index contributed by atoms with van der Waals surface area (Å²) in [5.41, 5.74) is 2.01. The predicted molar refractivity (Wildman–Crippen MR) is 132 cm³/mol. The molecule has 1 aliphatic heterocycles. The summed E-state index contributed by atoms with van der Waals surface area (Å²) in [6.45, 7) is 7.40. The Bertz CT molecular complexity index is 977. The van der Waals surface area contributed by atoms with Crippen LogP contribution < -0.4 is 5.32 Å². The molecule has 2 fully saturated rings. The first kappa shape index (κ1) is 25.3. The van der Waals surface area contributed by atoms with E-state index < -0.39 is 6.04 Å². The normalized spacial score (nSPS) is 19.3. The molecule has 1 aromatic heterocycles. The number of aryl methyl sites for hydroxylation is 1. The SMILES string of the molecule is Cc1ccc(-c2nnn(CC(=O)N(C3CCCC3)[C@H](CC(C)C)C(=O)NC[C@H]3CCCO3)n2)cc1. The van der Waals surface area contributed by atoms with E-state index >= 15 is 0 Å². The first-order valence-electron chi connectivity index (χ1n) is 13.0. The molecule has 1 aromatic carbocycles. The first-order valence-corrected chi connectivity index (χ1v) is 13.0. The van der Waals surface area contributed by atoms with Crippen molar-refractivity contribution >= 4 is 11.8 Å². The summed E-state index contributed by atoms with van der Waals surface area (Å²) >= 11 is 0. The minimum Gasteiger partial charge on any atom is -0.376 e. The van der Waals surface area contributed by atoms with Crippen molar-refractivity contribution in [3.63, 3.8) is 0 Å². The van der Waals surface area contributed by atoms with Gasteiger partial charge >= 0.3 is 0 Å². The summed E-state index contributed by atoms with van der Waals surface area (Å²) in [6.07, 6.45) is 6.63. The number of carbonyl (C=O) groups excluding carboxylic acids is 2. The molecule has 1 N–H and O–H groups in total. The highest BCUT2D eigenvalue weighted by molar-refractivity contribution is 5.88. The maximum Gasteiger partial charge on any atom is 0.247 e. The maximum absolute atomic E-state index is 13.7. The number of nitrogens with one attached hydrogen (secondary N) is 1. The van der Waals surface area contributed by atoms with Gasteiger partial charge in [0.1, 0.15) is 12.6 Å². The zero-order valence-electron chi connectivity index (χ0n) is 21.2. The molecule has 2 aliphatic rings. The molecule has 2 aromatic rings. The molecule has 0 radical (unpaired) electrons. The Morgan fingerprint density at radius 3 is 2.54 bits per heavy atom. The fourth-order valence-corrected chi connectivity index (χ4v) is 5.08. The van der Waals surface area contributed by atoms with Crippen molar-refractivity contribution in [1.29, 1.82) is 0 Å². The molecule has 1 saturated carbocycles. The molecular formula is C26H38N6O3. The third kappa shape index (κ3) is 6.66. The van der Waals surface area contributed by atoms with Crippen molar-refractivity contribution in [2.45, 2.75) is 90.4 Å². The summed E-state index contributed by atoms with van der Waals surface area (Å²) in [5, 5.41) is 15.8. The molecule has 0 unspecified atom stereocenters. The van der Waals surface area contributed by atoms with Crippen LogP contribution in [-0.2, 0) is 20.9 Å². The van der Waals surface area contributed by atoms with Crippen molar-refractivity contribution in [3.05, 3.63) is 29.8 Å². The van der Waals surface area contributed by atoms with E-state index in [1.54, 1.807) is 0 Å². The van der Waals surface area contributed by atoms with E-state index in [9.17, 15) is 9.59 Å². The summed E-state index contributed by atoms with van der Waals surface area (Å²) in [4.78, 5) is 30.2. The quantitative estimate of drug-likeness (QED) is 0.558. The van der Waals surface area contributed by atoms with Crippen molar-refractivity contribution < 1.29 is 14.3 Å². The topological polar surface area (TPSA) is 102 Å². The van der Waals surface area contributed by atoms with E-state index in [1.165, 1.54) is 4.80 Å². The zero-order valence-corrected chi connectivity index (χ0v) is 21.2. The molecule has 2 amide bonds. The Hall–Kier alpha value is -2.81. The molecule has 2 atom stereocenters. The summed E-state index contributed by atoms with van der Waals surface area (Å²) < 4.78 is 5.67. The molecule has 9 heteroatoms. The molecule has 1 aliphatic carbocycles. The van der Waals surface area contributed by atoms with Crippen LogP contribution in [0.25, 0.3) is 11.4 Å². The standard InChI is InChI=1S/C26H38N6O3/c1-18(2)15-23(26(34)27-16-22-9-6-14-35-22)32(21-7-4-5-8-21)24(33)17-31-29-25(28-30-31)20-12-10-19(3)11-13-20/h10-13,18,21-23H,4-9,14-17H2,1-3H3,(H,27,34)/t22-,23-/m1/s1. The lowest BCUT2D eigenvalue weighted by Crippen LogP contribution is -2.55. The van der Waals surface area contributed by atoms with Gasteiger partial charge in [0, 0.05) is 24.8 Å². The lowest BCUT2D eigenvalue weighted by Gasteiger charge is -2.36. The number of benzene rings is 1. The minimum atomic E-state index is -0.521. The largest absolute Gasteiger partial charge is 0.376 e. The number of amides is 2. The molecule has 9 nitrogen and oxygen atoms in total. The lowest BCUT2D eigenvalue weighted by atomic mass is 9.99. The Labute approximate surface area is 207 Å². The van der Waals surface area contributed by atoms with Gasteiger partial charge in [-0.1, -0.05) is 56.5 Å². The van der Waals surface area contributed by atoms with Crippen LogP contribution in [0.15, 0.2) is 24.3 Å². The lowest BCUT2D eigenvalue weighted by molar-refractivity contribution is -0.144. The third-order valence-corrected chi connectivity index (χ3v) is 6.91. The average Bonchev–Trinajstić information content (AvgIpc) is 3.61. The minimum absolute atomic E-state index is 0.0387. The van der Waals surface area contributed by atoms with E-state index in [2.05, 4.69) is 34.6 Å². The van der Waals surface area contributed by atoms with Gasteiger partial charge in [-0.3, -0.25) is 9.59 Å². The molecule has 1 saturated heterocycles. The number of rotatable bonds is 10. The van der Waals surface area contributed by atoms with E-state index in [0.29, 0.717) is 18.8 Å². The molecular weight excluding hydrogens is 444 g/mol. The number of ether oxygens (including phenoxy) is 1. The highest BCUT2D eigenvalue weighted by atomic mass is 16.5. The van der Waals surface area contributed by atoms with Crippen molar-refractivity contribution in [1.82, 2.24) is 30.4 Å². The van der Waals surface area contributed by atoms with E-state index in [-0.39, 0.29) is 36.4 Å². The van der Waals surface area contributed by atoms with Crippen molar-refractivity contribution in [3.8, 4) is 11.4 Å². The Balaban J connectivity index is 1.50. The molecule has 2 heterocycles. The van der Waals surface area contributed by atoms with Gasteiger partial charge in [0.05, 0.1) is 6.10 Å². The molecule has 0 bridgehead atoms. The van der Waals surface area contributed by atoms with Crippen LogP contribution in [0.2, 0.25) is 0 Å². The van der Waals surface area contributed by atoms with Gasteiger partial charge < -0.3 is 15.0 Å². The zero-order chi connectivity index (χ0) is 24.8. The van der Waals surface area contributed by atoms with E-state index in [4.69, 9.17) is 4.74 Å². The van der Waals surface area contributed by atoms with Gasteiger partial charge in [-0.15, -0.1) is 10.2 Å². The number of hydrogen-bond acceptors (Lipinski definition) is 6. The smallest absolute Gasteiger partial charge is 0.247 e. The van der Waals surface area contributed by atoms with Crippen LogP contribution in [-0.4, -0.2) is 68.3 Å². The number of hydrogen-bond donors (Lipinski definition) is 1. The fraction of sp³-hybridized carbons (Fsp3) is 0.654. The Morgan fingerprint density at radius 1 is 1.14 bits per heavy atom. The summed E-state index contributed by atoms with van der Waals surface area (Å²) in [6, 6.07) is 7.41. The number of nitrogens with zero attached hydrogens (tertiary/aromatic N) is 5. The first-order chi connectivity index (χ1) is 16.9. The summed E-state index contributed by atoms with van der Waals surface area (Å²) in [7, 11) is 0. The van der Waals surface area contributed by atoms with E-state index in [1.807, 2.05) is 36.1 Å². The van der Waals surface area contributed by atoms with Crippen molar-refractivity contribution in [2.75, 3.05) is 13.2 Å². The monoisotopic (exact) mass is 482 g/mol. The van der Waals surface area contributed by atoms with Crippen molar-refractivity contribution in [2.24, 2.45) is 5.92 Å². The maximum atomic E-state index is 13.7. The van der Waals surface area contributed by atoms with Crippen LogP contribution in [0.4, 0.5) is 0 Å². The predicted octanol–water partition coefficient (Wildman–Crippen LogP) is 3.13. The second kappa shape index (κ2) is 11.7. The number of carbonyl (C=O) groups is 2. The fourth-order valence-electron chi connectivity index (χ4n) is 5.08. The highest BCUT2D eigenvalue weighted by Gasteiger charge is 2.37. The van der Waals surface area contributed by atoms with Gasteiger partial charge in [-0.25, -0.2) is 0 Å². The molecule has 190 valence electrons. The van der Waals surface area contributed by atoms with Gasteiger partial charge in [0.15, 0.2) is 0 Å². The number of tetrazole rings is 1. The van der Waals surface area contributed by atoms with Crippen LogP contribution >= 0.6 is 0 Å². The van der Waals surface area contributed by atoms with Crippen LogP contribution in [0.3, 0.4) is 0 Å². The Morgan fingerprint density at radius 2 is 1.89 bits per heavy atom. The highest BCUT2D eigenvalue weighted by Crippen LogP contribution is 2.28. The van der Waals surface area contributed by atoms with Gasteiger partial charge in [-0.05, 0) is 50.2 Å². The third-order valence-electron chi connectivity index (χ3n) is 6.91. The second-order valence-corrected chi connectivity index (χ2v) is 10.3. The van der Waals surface area contributed by atoms with Crippen LogP contribution in [0.5, 0.6) is 0 Å².